The van der Waals surface area contributed by atoms with Crippen LogP contribution in [-0.4, -0.2) is 29.5 Å². The SMILES string of the molecule is COC(CNC(=O)c1cc(C)nc(N)n1)c1cccs1. The summed E-state index contributed by atoms with van der Waals surface area (Å²) in [7, 11) is 1.61. The lowest BCUT2D eigenvalue weighted by molar-refractivity contribution is 0.0833. The molecule has 2 aromatic rings. The first-order valence-corrected chi connectivity index (χ1v) is 6.93. The number of anilines is 1. The number of thiophene rings is 1. The van der Waals surface area contributed by atoms with E-state index in [9.17, 15) is 4.79 Å². The normalized spacial score (nSPS) is 12.1. The van der Waals surface area contributed by atoms with Crippen molar-refractivity contribution in [1.29, 1.82) is 0 Å². The van der Waals surface area contributed by atoms with Gasteiger partial charge in [0, 0.05) is 24.2 Å². The van der Waals surface area contributed by atoms with Crippen molar-refractivity contribution in [2.24, 2.45) is 0 Å². The fourth-order valence-electron chi connectivity index (χ4n) is 1.76. The molecule has 0 aromatic carbocycles. The molecular weight excluding hydrogens is 276 g/mol. The Kier molecular flexibility index (Phi) is 4.65. The average molecular weight is 292 g/mol. The predicted octanol–water partition coefficient (Wildman–Crippen LogP) is 1.55. The van der Waals surface area contributed by atoms with Crippen LogP contribution in [0.2, 0.25) is 0 Å². The number of ether oxygens (including phenoxy) is 1. The van der Waals surface area contributed by atoms with Crippen LogP contribution in [0.5, 0.6) is 0 Å². The number of amides is 1. The van der Waals surface area contributed by atoms with Gasteiger partial charge in [-0.3, -0.25) is 4.79 Å². The fourth-order valence-corrected chi connectivity index (χ4v) is 2.56. The zero-order valence-corrected chi connectivity index (χ0v) is 12.1. The van der Waals surface area contributed by atoms with Crippen molar-refractivity contribution in [1.82, 2.24) is 15.3 Å². The van der Waals surface area contributed by atoms with Crippen LogP contribution in [0, 0.1) is 6.92 Å². The largest absolute Gasteiger partial charge is 0.374 e. The third kappa shape index (κ3) is 3.52. The minimum Gasteiger partial charge on any atom is -0.374 e. The number of carbonyl (C=O) groups is 1. The summed E-state index contributed by atoms with van der Waals surface area (Å²) >= 11 is 1.59. The Morgan fingerprint density at radius 2 is 2.35 bits per heavy atom. The first-order valence-electron chi connectivity index (χ1n) is 6.05. The molecule has 0 saturated heterocycles. The molecule has 1 amide bonds. The lowest BCUT2D eigenvalue weighted by Gasteiger charge is -2.14. The molecule has 7 heteroatoms. The van der Waals surface area contributed by atoms with Gasteiger partial charge in [-0.2, -0.15) is 0 Å². The van der Waals surface area contributed by atoms with Crippen LogP contribution in [0.25, 0.3) is 0 Å². The zero-order valence-electron chi connectivity index (χ0n) is 11.3. The van der Waals surface area contributed by atoms with Crippen molar-refractivity contribution in [3.05, 3.63) is 39.8 Å². The van der Waals surface area contributed by atoms with Crippen LogP contribution in [0.1, 0.15) is 27.2 Å². The maximum atomic E-state index is 12.0. The van der Waals surface area contributed by atoms with Gasteiger partial charge in [-0.05, 0) is 24.4 Å². The van der Waals surface area contributed by atoms with E-state index in [0.29, 0.717) is 12.2 Å². The third-order valence-electron chi connectivity index (χ3n) is 2.70. The van der Waals surface area contributed by atoms with Crippen molar-refractivity contribution in [2.45, 2.75) is 13.0 Å². The number of methoxy groups -OCH3 is 1. The number of rotatable bonds is 5. The Balaban J connectivity index is 2.01. The minimum atomic E-state index is -0.291. The van der Waals surface area contributed by atoms with E-state index < -0.39 is 0 Å². The molecule has 0 bridgehead atoms. The molecule has 2 heterocycles. The Labute approximate surface area is 121 Å². The van der Waals surface area contributed by atoms with E-state index in [-0.39, 0.29) is 23.7 Å². The number of carbonyl (C=O) groups excluding carboxylic acids is 1. The molecule has 0 aliphatic rings. The summed E-state index contributed by atoms with van der Waals surface area (Å²) in [5.74, 6) is -0.197. The molecule has 6 nitrogen and oxygen atoms in total. The van der Waals surface area contributed by atoms with Crippen molar-refractivity contribution >= 4 is 23.2 Å². The molecule has 0 aliphatic heterocycles. The van der Waals surface area contributed by atoms with Gasteiger partial charge in [-0.25, -0.2) is 9.97 Å². The molecule has 0 radical (unpaired) electrons. The lowest BCUT2D eigenvalue weighted by Crippen LogP contribution is -2.29. The molecule has 3 N–H and O–H groups in total. The molecule has 0 spiro atoms. The highest BCUT2D eigenvalue weighted by molar-refractivity contribution is 7.10. The van der Waals surface area contributed by atoms with E-state index in [4.69, 9.17) is 10.5 Å². The van der Waals surface area contributed by atoms with Crippen LogP contribution >= 0.6 is 11.3 Å². The summed E-state index contributed by atoms with van der Waals surface area (Å²) in [5.41, 5.74) is 6.45. The van der Waals surface area contributed by atoms with E-state index in [2.05, 4.69) is 15.3 Å². The molecule has 0 aliphatic carbocycles. The van der Waals surface area contributed by atoms with Gasteiger partial charge in [0.25, 0.3) is 5.91 Å². The number of aryl methyl sites for hydroxylation is 1. The molecule has 106 valence electrons. The number of nitrogens with one attached hydrogen (secondary N) is 1. The van der Waals surface area contributed by atoms with E-state index in [1.807, 2.05) is 17.5 Å². The molecule has 0 fully saturated rings. The maximum Gasteiger partial charge on any atom is 0.270 e. The first kappa shape index (κ1) is 14.4. The molecule has 20 heavy (non-hydrogen) atoms. The van der Waals surface area contributed by atoms with Gasteiger partial charge in [-0.1, -0.05) is 6.07 Å². The van der Waals surface area contributed by atoms with E-state index >= 15 is 0 Å². The predicted molar refractivity (Wildman–Crippen MR) is 77.6 cm³/mol. The van der Waals surface area contributed by atoms with Gasteiger partial charge in [0.2, 0.25) is 5.95 Å². The average Bonchev–Trinajstić information content (AvgIpc) is 2.92. The molecule has 2 rings (SSSR count). The second-order valence-corrected chi connectivity index (χ2v) is 5.18. The first-order chi connectivity index (χ1) is 9.60. The summed E-state index contributed by atoms with van der Waals surface area (Å²) in [6, 6.07) is 5.51. The van der Waals surface area contributed by atoms with Gasteiger partial charge in [-0.15, -0.1) is 11.3 Å². The Bertz CT molecular complexity index is 566. The minimum absolute atomic E-state index is 0.0942. The van der Waals surface area contributed by atoms with E-state index in [1.54, 1.807) is 31.4 Å². The van der Waals surface area contributed by atoms with Crippen LogP contribution < -0.4 is 11.1 Å². The number of aromatic nitrogens is 2. The topological polar surface area (TPSA) is 90.1 Å². The van der Waals surface area contributed by atoms with Crippen LogP contribution in [0.15, 0.2) is 23.6 Å². The molecular formula is C13H16N4O2S. The monoisotopic (exact) mass is 292 g/mol. The van der Waals surface area contributed by atoms with Gasteiger partial charge >= 0.3 is 0 Å². The molecule has 2 aromatic heterocycles. The van der Waals surface area contributed by atoms with Crippen molar-refractivity contribution in [2.75, 3.05) is 19.4 Å². The second kappa shape index (κ2) is 6.44. The second-order valence-electron chi connectivity index (χ2n) is 4.20. The smallest absolute Gasteiger partial charge is 0.270 e. The quantitative estimate of drug-likeness (QED) is 0.872. The number of hydrogen-bond acceptors (Lipinski definition) is 6. The fraction of sp³-hybridized carbons (Fsp3) is 0.308. The van der Waals surface area contributed by atoms with Crippen molar-refractivity contribution in [3.63, 3.8) is 0 Å². The third-order valence-corrected chi connectivity index (χ3v) is 3.66. The molecule has 1 unspecified atom stereocenters. The number of nitrogens with zero attached hydrogens (tertiary/aromatic N) is 2. The Morgan fingerprint density at radius 3 is 2.95 bits per heavy atom. The number of hydrogen-bond donors (Lipinski definition) is 2. The van der Waals surface area contributed by atoms with Crippen LogP contribution in [0.3, 0.4) is 0 Å². The van der Waals surface area contributed by atoms with Crippen molar-refractivity contribution < 1.29 is 9.53 Å². The highest BCUT2D eigenvalue weighted by atomic mass is 32.1. The Hall–Kier alpha value is -1.99. The number of nitrogen functional groups attached to an aromatic ring is 1. The van der Waals surface area contributed by atoms with E-state index in [0.717, 1.165) is 4.88 Å². The zero-order chi connectivity index (χ0) is 14.5. The lowest BCUT2D eigenvalue weighted by atomic mass is 10.2. The van der Waals surface area contributed by atoms with Gasteiger partial charge < -0.3 is 15.8 Å². The highest BCUT2D eigenvalue weighted by Crippen LogP contribution is 2.21. The van der Waals surface area contributed by atoms with Crippen LogP contribution in [-0.2, 0) is 4.74 Å². The summed E-state index contributed by atoms with van der Waals surface area (Å²) in [6.07, 6.45) is -0.167. The highest BCUT2D eigenvalue weighted by Gasteiger charge is 2.15. The maximum absolute atomic E-state index is 12.0. The standard InChI is InChI=1S/C13H16N4O2S/c1-8-6-9(17-13(14)16-8)12(18)15-7-10(19-2)11-4-3-5-20-11/h3-6,10H,7H2,1-2H3,(H,15,18)(H2,14,16,17). The summed E-state index contributed by atoms with van der Waals surface area (Å²) in [6.45, 7) is 2.14. The molecule has 1 atom stereocenters. The van der Waals surface area contributed by atoms with Crippen molar-refractivity contribution in [3.8, 4) is 0 Å². The van der Waals surface area contributed by atoms with Gasteiger partial charge in [0.05, 0.1) is 0 Å². The number of nitrogens with two attached hydrogens (primary N) is 1. The van der Waals surface area contributed by atoms with Gasteiger partial charge in [0.15, 0.2) is 0 Å². The van der Waals surface area contributed by atoms with E-state index in [1.165, 1.54) is 0 Å². The van der Waals surface area contributed by atoms with Crippen LogP contribution in [0.4, 0.5) is 5.95 Å². The molecule has 0 saturated carbocycles. The summed E-state index contributed by atoms with van der Waals surface area (Å²) in [5, 5.41) is 4.76. The summed E-state index contributed by atoms with van der Waals surface area (Å²) < 4.78 is 5.37. The summed E-state index contributed by atoms with van der Waals surface area (Å²) in [4.78, 5) is 20.9. The van der Waals surface area contributed by atoms with Gasteiger partial charge in [0.1, 0.15) is 11.8 Å². The Morgan fingerprint density at radius 1 is 1.55 bits per heavy atom.